The van der Waals surface area contributed by atoms with Crippen molar-refractivity contribution >= 4 is 20.6 Å². The van der Waals surface area contributed by atoms with Gasteiger partial charge in [-0.15, -0.1) is 0 Å². The maximum atomic E-state index is 5.40. The van der Waals surface area contributed by atoms with Crippen molar-refractivity contribution in [3.8, 4) is 11.1 Å². The van der Waals surface area contributed by atoms with Crippen LogP contribution in [0.15, 0.2) is 53.4 Å². The number of rotatable bonds is 2. The van der Waals surface area contributed by atoms with Crippen LogP contribution in [0.3, 0.4) is 0 Å². The van der Waals surface area contributed by atoms with Gasteiger partial charge in [-0.3, -0.25) is 0 Å². The van der Waals surface area contributed by atoms with E-state index in [-0.39, 0.29) is 9.45 Å². The van der Waals surface area contributed by atoms with Crippen LogP contribution in [0.25, 0.3) is 11.1 Å². The third kappa shape index (κ3) is 2.23. The second-order valence-corrected chi connectivity index (χ2v) is 6.61. The van der Waals surface area contributed by atoms with Gasteiger partial charge >= 0.3 is 0 Å². The zero-order valence-electron chi connectivity index (χ0n) is 9.44. The highest BCUT2D eigenvalue weighted by molar-refractivity contribution is 8.28. The van der Waals surface area contributed by atoms with Crippen LogP contribution < -0.4 is 0 Å². The average molecular weight is 246 g/mol. The molecule has 0 bridgehead atoms. The Balaban J connectivity index is 2.65. The summed E-state index contributed by atoms with van der Waals surface area (Å²) in [5.74, 6) is 0. The molecule has 0 N–H and O–H groups in total. The normalized spacial score (nSPS) is 12.4. The Kier molecular flexibility index (Phi) is 3.52. The lowest BCUT2D eigenvalue weighted by atomic mass is 10.0. The topological polar surface area (TPSA) is 0 Å². The molecule has 0 spiro atoms. The molecule has 0 nitrogen and oxygen atoms in total. The van der Waals surface area contributed by atoms with Crippen LogP contribution in [0.4, 0.5) is 0 Å². The lowest BCUT2D eigenvalue weighted by Gasteiger charge is -2.11. The molecular formula is C14H14S2. The summed E-state index contributed by atoms with van der Waals surface area (Å²) in [6.45, 7) is 2.14. The number of hydrogen-bond donors (Lipinski definition) is 0. The van der Waals surface area contributed by atoms with Crippen LogP contribution in [-0.4, -0.2) is 6.26 Å². The van der Waals surface area contributed by atoms with Crippen molar-refractivity contribution in [2.45, 2.75) is 11.8 Å². The van der Waals surface area contributed by atoms with Crippen LogP contribution in [-0.2, 0) is 20.6 Å². The quantitative estimate of drug-likeness (QED) is 0.778. The SMILES string of the molecule is Cc1ccccc1-c1ccccc1S(C)=S. The van der Waals surface area contributed by atoms with Crippen molar-refractivity contribution in [1.82, 2.24) is 0 Å². The Morgan fingerprint density at radius 3 is 2.06 bits per heavy atom. The molecule has 0 fully saturated rings. The number of hydrogen-bond acceptors (Lipinski definition) is 1. The van der Waals surface area contributed by atoms with Crippen molar-refractivity contribution in [1.29, 1.82) is 0 Å². The molecule has 2 aromatic rings. The molecule has 0 saturated carbocycles. The molecule has 2 rings (SSSR count). The van der Waals surface area contributed by atoms with E-state index < -0.39 is 0 Å². The fraction of sp³-hybridized carbons (Fsp3) is 0.143. The summed E-state index contributed by atoms with van der Waals surface area (Å²) in [6.07, 6.45) is 2.09. The standard InChI is InChI=1S/C14H14S2/c1-11-7-3-4-8-12(11)13-9-5-6-10-14(13)16(2)15/h3-10H,1-2H3. The Bertz CT molecular complexity index is 530. The van der Waals surface area contributed by atoms with Gasteiger partial charge < -0.3 is 0 Å². The minimum Gasteiger partial charge on any atom is -0.0927 e. The average Bonchev–Trinajstić information content (AvgIpc) is 2.29. The van der Waals surface area contributed by atoms with Crippen LogP contribution in [0.1, 0.15) is 5.56 Å². The van der Waals surface area contributed by atoms with Gasteiger partial charge in [-0.25, -0.2) is 0 Å². The van der Waals surface area contributed by atoms with Crippen LogP contribution in [0, 0.1) is 6.92 Å². The maximum Gasteiger partial charge on any atom is 0.0193 e. The van der Waals surface area contributed by atoms with E-state index in [1.54, 1.807) is 0 Å². The molecule has 0 heterocycles. The second-order valence-electron chi connectivity index (χ2n) is 3.77. The van der Waals surface area contributed by atoms with Gasteiger partial charge in [0.05, 0.1) is 0 Å². The molecule has 0 aliphatic carbocycles. The highest BCUT2D eigenvalue weighted by atomic mass is 32.8. The minimum absolute atomic E-state index is 0.116. The smallest absolute Gasteiger partial charge is 0.0193 e. The summed E-state index contributed by atoms with van der Waals surface area (Å²) in [6, 6.07) is 16.9. The Hall–Kier alpha value is -0.990. The summed E-state index contributed by atoms with van der Waals surface area (Å²) in [5, 5.41) is 0. The van der Waals surface area contributed by atoms with Gasteiger partial charge in [0.15, 0.2) is 0 Å². The molecule has 0 amide bonds. The van der Waals surface area contributed by atoms with Gasteiger partial charge in [-0.1, -0.05) is 51.9 Å². The summed E-state index contributed by atoms with van der Waals surface area (Å²) in [7, 11) is -0.116. The van der Waals surface area contributed by atoms with Gasteiger partial charge in [-0.2, -0.15) is 0 Å². The molecule has 2 aromatic carbocycles. The van der Waals surface area contributed by atoms with Gasteiger partial charge in [0.2, 0.25) is 0 Å². The largest absolute Gasteiger partial charge is 0.0927 e. The molecule has 0 radical (unpaired) electrons. The van der Waals surface area contributed by atoms with Crippen molar-refractivity contribution in [3.05, 3.63) is 54.1 Å². The zero-order valence-corrected chi connectivity index (χ0v) is 11.1. The summed E-state index contributed by atoms with van der Waals surface area (Å²) in [5.41, 5.74) is 3.87. The predicted octanol–water partition coefficient (Wildman–Crippen LogP) is 3.73. The van der Waals surface area contributed by atoms with E-state index in [1.165, 1.54) is 21.6 Å². The predicted molar refractivity (Wildman–Crippen MR) is 75.5 cm³/mol. The Morgan fingerprint density at radius 1 is 0.875 bits per heavy atom. The molecule has 2 heteroatoms. The molecule has 82 valence electrons. The fourth-order valence-corrected chi connectivity index (χ4v) is 3.01. The molecule has 1 unspecified atom stereocenters. The molecule has 1 atom stereocenters. The molecule has 16 heavy (non-hydrogen) atoms. The lowest BCUT2D eigenvalue weighted by Crippen LogP contribution is -1.92. The third-order valence-electron chi connectivity index (χ3n) is 2.63. The highest BCUT2D eigenvalue weighted by Crippen LogP contribution is 2.28. The molecule has 0 aliphatic rings. The monoisotopic (exact) mass is 246 g/mol. The van der Waals surface area contributed by atoms with Gasteiger partial charge in [0, 0.05) is 4.90 Å². The molecule has 0 aliphatic heterocycles. The maximum absolute atomic E-state index is 5.40. The summed E-state index contributed by atoms with van der Waals surface area (Å²) in [4.78, 5) is 1.27. The van der Waals surface area contributed by atoms with E-state index in [0.717, 1.165) is 0 Å². The van der Waals surface area contributed by atoms with Gasteiger partial charge in [0.1, 0.15) is 0 Å². The van der Waals surface area contributed by atoms with Crippen LogP contribution >= 0.6 is 0 Å². The van der Waals surface area contributed by atoms with Gasteiger partial charge in [0.25, 0.3) is 0 Å². The fourth-order valence-electron chi connectivity index (χ4n) is 1.81. The zero-order chi connectivity index (χ0) is 11.5. The van der Waals surface area contributed by atoms with E-state index in [2.05, 4.69) is 61.7 Å². The molecule has 0 aromatic heterocycles. The molecular weight excluding hydrogens is 232 g/mol. The first-order valence-electron chi connectivity index (χ1n) is 5.18. The van der Waals surface area contributed by atoms with Crippen molar-refractivity contribution in [3.63, 3.8) is 0 Å². The third-order valence-corrected chi connectivity index (χ3v) is 4.15. The summed E-state index contributed by atoms with van der Waals surface area (Å²) >= 11 is 5.40. The lowest BCUT2D eigenvalue weighted by molar-refractivity contribution is 1.39. The van der Waals surface area contributed by atoms with Gasteiger partial charge in [-0.05, 0) is 47.1 Å². The number of benzene rings is 2. The van der Waals surface area contributed by atoms with E-state index in [4.69, 9.17) is 11.2 Å². The van der Waals surface area contributed by atoms with E-state index in [9.17, 15) is 0 Å². The number of aryl methyl sites for hydroxylation is 1. The highest BCUT2D eigenvalue weighted by Gasteiger charge is 2.06. The van der Waals surface area contributed by atoms with Crippen molar-refractivity contribution < 1.29 is 0 Å². The first-order chi connectivity index (χ1) is 7.70. The van der Waals surface area contributed by atoms with E-state index >= 15 is 0 Å². The first-order valence-corrected chi connectivity index (χ1v) is 7.74. The Labute approximate surface area is 104 Å². The minimum atomic E-state index is -0.116. The van der Waals surface area contributed by atoms with Crippen molar-refractivity contribution in [2.24, 2.45) is 0 Å². The first kappa shape index (κ1) is 11.5. The Morgan fingerprint density at radius 2 is 1.44 bits per heavy atom. The van der Waals surface area contributed by atoms with Crippen molar-refractivity contribution in [2.75, 3.05) is 6.26 Å². The molecule has 0 saturated heterocycles. The van der Waals surface area contributed by atoms with E-state index in [0.29, 0.717) is 0 Å². The van der Waals surface area contributed by atoms with E-state index in [1.807, 2.05) is 0 Å². The second kappa shape index (κ2) is 4.89. The summed E-state index contributed by atoms with van der Waals surface area (Å²) < 4.78 is 0. The van der Waals surface area contributed by atoms with Crippen LogP contribution in [0.2, 0.25) is 0 Å². The van der Waals surface area contributed by atoms with Crippen LogP contribution in [0.5, 0.6) is 0 Å².